The Labute approximate surface area is 158 Å². The Balaban J connectivity index is 2.15. The maximum Gasteiger partial charge on any atom is 0.255 e. The molecule has 0 saturated heterocycles. The summed E-state index contributed by atoms with van der Waals surface area (Å²) in [6, 6.07) is 14.8. The number of aliphatic imine (C=N–C) groups is 1. The summed E-state index contributed by atoms with van der Waals surface area (Å²) in [7, 11) is 0. The highest BCUT2D eigenvalue weighted by atomic mass is 32.2. The van der Waals surface area contributed by atoms with Crippen LogP contribution in [0.1, 0.15) is 36.7 Å². The van der Waals surface area contributed by atoms with Gasteiger partial charge in [-0.25, -0.2) is 4.99 Å². The molecule has 0 saturated carbocycles. The molecule has 1 amide bonds. The Bertz CT molecular complexity index is 845. The highest BCUT2D eigenvalue weighted by Gasteiger charge is 2.14. The van der Waals surface area contributed by atoms with E-state index < -0.39 is 0 Å². The van der Waals surface area contributed by atoms with Gasteiger partial charge in [0.05, 0.1) is 5.69 Å². The molecule has 0 radical (unpaired) electrons. The highest BCUT2D eigenvalue weighted by molar-refractivity contribution is 8.13. The summed E-state index contributed by atoms with van der Waals surface area (Å²) in [6.07, 6.45) is 3.68. The summed E-state index contributed by atoms with van der Waals surface area (Å²) in [6.45, 7) is 6.41. The number of thioether (sulfide) groups is 1. The maximum atomic E-state index is 12.5. The van der Waals surface area contributed by atoms with Crippen LogP contribution in [0.4, 0.5) is 11.4 Å². The second-order valence-electron chi connectivity index (χ2n) is 6.69. The molecule has 0 fully saturated rings. The van der Waals surface area contributed by atoms with Crippen molar-refractivity contribution in [1.29, 1.82) is 5.26 Å². The molecule has 0 spiro atoms. The fraction of sp³-hybridized carbons (Fsp3) is 0.250. The quantitative estimate of drug-likeness (QED) is 0.358. The molecule has 0 aliphatic heterocycles. The minimum atomic E-state index is -0.174. The lowest BCUT2D eigenvalue weighted by molar-refractivity contribution is 0.102. The fourth-order valence-electron chi connectivity index (χ4n) is 2.27. The predicted molar refractivity (Wildman–Crippen MR) is 109 cm³/mol. The van der Waals surface area contributed by atoms with E-state index in [-0.39, 0.29) is 11.3 Å². The van der Waals surface area contributed by atoms with E-state index in [9.17, 15) is 4.79 Å². The van der Waals surface area contributed by atoms with Gasteiger partial charge in [0.15, 0.2) is 11.4 Å². The van der Waals surface area contributed by atoms with Crippen LogP contribution < -0.4 is 10.6 Å². The average Bonchev–Trinajstić information content (AvgIpc) is 2.61. The number of carbonyl (C=O) groups excluding carboxylic acids is 1. The Morgan fingerprint density at radius 2 is 1.85 bits per heavy atom. The smallest absolute Gasteiger partial charge is 0.255 e. The van der Waals surface area contributed by atoms with E-state index in [0.717, 1.165) is 0 Å². The van der Waals surface area contributed by atoms with E-state index in [1.807, 2.05) is 48.8 Å². The third-order valence-electron chi connectivity index (χ3n) is 3.70. The van der Waals surface area contributed by atoms with Gasteiger partial charge in [-0.3, -0.25) is 10.1 Å². The third-order valence-corrected chi connectivity index (χ3v) is 4.28. The molecule has 0 aliphatic rings. The van der Waals surface area contributed by atoms with Crippen LogP contribution in [-0.2, 0) is 5.41 Å². The van der Waals surface area contributed by atoms with Gasteiger partial charge in [-0.2, -0.15) is 5.26 Å². The molecule has 2 aromatic carbocycles. The number of amides is 1. The summed E-state index contributed by atoms with van der Waals surface area (Å²) in [5.74, 6) is -0.174. The Hall–Kier alpha value is -2.78. The first-order valence-corrected chi connectivity index (χ1v) is 9.35. The lowest BCUT2D eigenvalue weighted by atomic mass is 9.87. The molecule has 0 bridgehead atoms. The highest BCUT2D eigenvalue weighted by Crippen LogP contribution is 2.23. The van der Waals surface area contributed by atoms with Gasteiger partial charge in [0.25, 0.3) is 5.91 Å². The first-order chi connectivity index (χ1) is 12.3. The van der Waals surface area contributed by atoms with Crippen LogP contribution in [-0.4, -0.2) is 17.3 Å². The van der Waals surface area contributed by atoms with Crippen molar-refractivity contribution in [2.45, 2.75) is 26.2 Å². The topological polar surface area (TPSA) is 77.3 Å². The normalized spacial score (nSPS) is 11.6. The number of nitrogens with zero attached hydrogens (tertiary/aromatic N) is 2. The Kier molecular flexibility index (Phi) is 6.42. The molecular formula is C20H22N4OS. The number of nitriles is 1. The molecule has 0 aromatic heterocycles. The molecule has 6 heteroatoms. The van der Waals surface area contributed by atoms with Gasteiger partial charge in [-0.1, -0.05) is 50.7 Å². The lowest BCUT2D eigenvalue weighted by Crippen LogP contribution is -2.14. The number of anilines is 1. The maximum absolute atomic E-state index is 12.5. The number of hydrogen-bond acceptors (Lipinski definition) is 4. The fourth-order valence-corrected chi connectivity index (χ4v) is 2.61. The third kappa shape index (κ3) is 5.36. The van der Waals surface area contributed by atoms with Crippen molar-refractivity contribution in [3.05, 3.63) is 59.7 Å². The number of nitrogens with one attached hydrogen (secondary N) is 2. The van der Waals surface area contributed by atoms with E-state index in [1.165, 1.54) is 17.3 Å². The summed E-state index contributed by atoms with van der Waals surface area (Å²) in [5.41, 5.74) is 3.13. The lowest BCUT2D eigenvalue weighted by Gasteiger charge is -2.19. The van der Waals surface area contributed by atoms with Crippen LogP contribution in [0.2, 0.25) is 0 Å². The number of carbonyl (C=O) groups is 1. The molecule has 0 atom stereocenters. The van der Waals surface area contributed by atoms with Gasteiger partial charge >= 0.3 is 0 Å². The second-order valence-corrected chi connectivity index (χ2v) is 7.48. The number of benzene rings is 2. The van der Waals surface area contributed by atoms with Crippen LogP contribution >= 0.6 is 11.8 Å². The minimum absolute atomic E-state index is 0.0494. The largest absolute Gasteiger partial charge is 0.322 e. The zero-order valence-corrected chi connectivity index (χ0v) is 16.1. The Morgan fingerprint density at radius 1 is 1.15 bits per heavy atom. The summed E-state index contributed by atoms with van der Waals surface area (Å²) < 4.78 is 0. The van der Waals surface area contributed by atoms with E-state index in [1.54, 1.807) is 12.1 Å². The number of amidine groups is 1. The zero-order chi connectivity index (χ0) is 19.2. The van der Waals surface area contributed by atoms with Crippen LogP contribution in [0.3, 0.4) is 0 Å². The SMILES string of the molecule is CSC(=Nc1cccc(NC(=O)c2ccc(C(C)(C)C)cc2)c1)NC#N. The molecule has 0 aliphatic carbocycles. The van der Waals surface area contributed by atoms with Gasteiger partial charge < -0.3 is 5.32 Å². The van der Waals surface area contributed by atoms with E-state index in [2.05, 4.69) is 36.4 Å². The van der Waals surface area contributed by atoms with Crippen LogP contribution in [0.15, 0.2) is 53.5 Å². The zero-order valence-electron chi connectivity index (χ0n) is 15.3. The van der Waals surface area contributed by atoms with Crippen molar-refractivity contribution in [3.63, 3.8) is 0 Å². The monoisotopic (exact) mass is 366 g/mol. The molecule has 0 heterocycles. The summed E-state index contributed by atoms with van der Waals surface area (Å²) in [4.78, 5) is 16.8. The number of rotatable bonds is 3. The molecular weight excluding hydrogens is 344 g/mol. The van der Waals surface area contributed by atoms with Crippen molar-refractivity contribution in [2.75, 3.05) is 11.6 Å². The first kappa shape index (κ1) is 19.5. The van der Waals surface area contributed by atoms with Crippen LogP contribution in [0.5, 0.6) is 0 Å². The molecule has 2 rings (SSSR count). The molecule has 134 valence electrons. The van der Waals surface area contributed by atoms with Crippen LogP contribution in [0, 0.1) is 11.5 Å². The van der Waals surface area contributed by atoms with Crippen molar-refractivity contribution < 1.29 is 4.79 Å². The van der Waals surface area contributed by atoms with E-state index in [4.69, 9.17) is 5.26 Å². The van der Waals surface area contributed by atoms with Crippen molar-refractivity contribution in [2.24, 2.45) is 4.99 Å². The van der Waals surface area contributed by atoms with Gasteiger partial charge in [0.2, 0.25) is 0 Å². The molecule has 5 nitrogen and oxygen atoms in total. The number of hydrogen-bond donors (Lipinski definition) is 2. The van der Waals surface area contributed by atoms with Crippen molar-refractivity contribution in [1.82, 2.24) is 5.32 Å². The first-order valence-electron chi connectivity index (χ1n) is 8.13. The average molecular weight is 366 g/mol. The summed E-state index contributed by atoms with van der Waals surface area (Å²) in [5, 5.41) is 14.6. The standard InChI is InChI=1S/C20H22N4OS/c1-20(2,3)15-10-8-14(9-11-15)18(25)23-16-6-5-7-17(12-16)24-19(26-4)22-13-21/h5-12H,1-4H3,(H,22,24)(H,23,25). The van der Waals surface area contributed by atoms with E-state index >= 15 is 0 Å². The van der Waals surface area contributed by atoms with Gasteiger partial charge in [0.1, 0.15) is 0 Å². The van der Waals surface area contributed by atoms with Crippen molar-refractivity contribution in [3.8, 4) is 6.19 Å². The van der Waals surface area contributed by atoms with E-state index in [0.29, 0.717) is 22.1 Å². The van der Waals surface area contributed by atoms with Gasteiger partial charge in [0, 0.05) is 11.3 Å². The molecule has 2 aromatic rings. The van der Waals surface area contributed by atoms with Crippen molar-refractivity contribution >= 4 is 34.2 Å². The second kappa shape index (κ2) is 8.54. The van der Waals surface area contributed by atoms with Gasteiger partial charge in [-0.05, 0) is 47.6 Å². The van der Waals surface area contributed by atoms with Crippen LogP contribution in [0.25, 0.3) is 0 Å². The van der Waals surface area contributed by atoms with Gasteiger partial charge in [-0.15, -0.1) is 0 Å². The molecule has 0 unspecified atom stereocenters. The minimum Gasteiger partial charge on any atom is -0.322 e. The predicted octanol–water partition coefficient (Wildman–Crippen LogP) is 4.66. The summed E-state index contributed by atoms with van der Waals surface area (Å²) >= 11 is 1.34. The molecule has 26 heavy (non-hydrogen) atoms. The molecule has 2 N–H and O–H groups in total. The Morgan fingerprint density at radius 3 is 2.42 bits per heavy atom.